The van der Waals surface area contributed by atoms with E-state index in [9.17, 15) is 15.0 Å². The number of thiazole rings is 1. The van der Waals surface area contributed by atoms with E-state index in [1.54, 1.807) is 9.13 Å². The van der Waals surface area contributed by atoms with E-state index in [4.69, 9.17) is 0 Å². The maximum atomic E-state index is 11.8. The number of aromatic hydroxyl groups is 2. The van der Waals surface area contributed by atoms with Gasteiger partial charge in [0.25, 0.3) is 0 Å². The second kappa shape index (κ2) is 8.24. The Morgan fingerprint density at radius 1 is 1.10 bits per heavy atom. The molecule has 3 aromatic rings. The van der Waals surface area contributed by atoms with Gasteiger partial charge >= 0.3 is 4.87 Å². The zero-order chi connectivity index (χ0) is 20.5. The fourth-order valence-electron chi connectivity index (χ4n) is 4.29. The average molecular weight is 416 g/mol. The van der Waals surface area contributed by atoms with E-state index in [2.05, 4.69) is 24.1 Å². The van der Waals surface area contributed by atoms with Gasteiger partial charge in [0.05, 0.1) is 10.2 Å². The summed E-state index contributed by atoms with van der Waals surface area (Å²) >= 11 is 1.30. The predicted molar refractivity (Wildman–Crippen MR) is 117 cm³/mol. The van der Waals surface area contributed by atoms with Gasteiger partial charge in [-0.3, -0.25) is 9.36 Å². The first-order valence-corrected chi connectivity index (χ1v) is 11.2. The van der Waals surface area contributed by atoms with Gasteiger partial charge in [-0.05, 0) is 69.8 Å². The Morgan fingerprint density at radius 2 is 1.83 bits per heavy atom. The lowest BCUT2D eigenvalue weighted by Gasteiger charge is -2.17. The number of fused-ring (bicyclic) bond motifs is 2. The van der Waals surface area contributed by atoms with Crippen molar-refractivity contribution >= 4 is 21.6 Å². The molecule has 1 aliphatic rings. The van der Waals surface area contributed by atoms with Gasteiger partial charge in [-0.1, -0.05) is 17.4 Å². The van der Waals surface area contributed by atoms with Gasteiger partial charge in [0.2, 0.25) is 0 Å². The quantitative estimate of drug-likeness (QED) is 0.554. The Balaban J connectivity index is 1.24. The maximum absolute atomic E-state index is 11.8. The highest BCUT2D eigenvalue weighted by molar-refractivity contribution is 7.16. The van der Waals surface area contributed by atoms with Gasteiger partial charge < -0.3 is 19.7 Å². The summed E-state index contributed by atoms with van der Waals surface area (Å²) < 4.78 is 4.42. The van der Waals surface area contributed by atoms with Crippen molar-refractivity contribution in [3.05, 3.63) is 44.6 Å². The summed E-state index contributed by atoms with van der Waals surface area (Å²) in [6.07, 6.45) is 5.65. The standard InChI is InChI=1S/C22H29N3O3S/c1-23(13-10-15-8-9-18-19(14-15)29-22(28)24(18)2)11-3-4-12-25-20(26)16-6-5-7-17(16)21(25)27/h8-9,14,26-27H,3-7,10-13H2,1-2H3. The maximum Gasteiger partial charge on any atom is 0.307 e. The molecule has 0 saturated heterocycles. The van der Waals surface area contributed by atoms with Gasteiger partial charge in [-0.25, -0.2) is 0 Å². The lowest BCUT2D eigenvalue weighted by Crippen LogP contribution is -2.22. The SMILES string of the molecule is CN(CCCCn1c(O)c2c(c1O)CCC2)CCc1ccc2c(c1)sc(=O)n2C. The molecule has 1 aromatic carbocycles. The van der Waals surface area contributed by atoms with Crippen molar-refractivity contribution in [3.8, 4) is 11.8 Å². The van der Waals surface area contributed by atoms with Crippen LogP contribution in [-0.4, -0.2) is 44.4 Å². The van der Waals surface area contributed by atoms with Crippen LogP contribution in [0.5, 0.6) is 11.8 Å². The lowest BCUT2D eigenvalue weighted by molar-refractivity contribution is 0.317. The van der Waals surface area contributed by atoms with Gasteiger partial charge in [0.1, 0.15) is 0 Å². The van der Waals surface area contributed by atoms with Crippen LogP contribution in [0.15, 0.2) is 23.0 Å². The minimum atomic E-state index is 0.0827. The highest BCUT2D eigenvalue weighted by Gasteiger charge is 2.25. The van der Waals surface area contributed by atoms with Crippen molar-refractivity contribution in [2.75, 3.05) is 20.1 Å². The summed E-state index contributed by atoms with van der Waals surface area (Å²) in [5, 5.41) is 20.6. The van der Waals surface area contributed by atoms with Crippen molar-refractivity contribution in [3.63, 3.8) is 0 Å². The molecule has 0 aliphatic heterocycles. The number of rotatable bonds is 8. The van der Waals surface area contributed by atoms with Gasteiger partial charge in [0, 0.05) is 31.3 Å². The highest BCUT2D eigenvalue weighted by Crippen LogP contribution is 2.39. The number of likely N-dealkylation sites (N-methyl/N-ethyl adjacent to an activating group) is 1. The van der Waals surface area contributed by atoms with Crippen LogP contribution in [-0.2, 0) is 32.9 Å². The van der Waals surface area contributed by atoms with Crippen LogP contribution in [0.4, 0.5) is 0 Å². The van der Waals surface area contributed by atoms with Crippen molar-refractivity contribution in [2.45, 2.75) is 45.1 Å². The monoisotopic (exact) mass is 415 g/mol. The van der Waals surface area contributed by atoms with Crippen LogP contribution < -0.4 is 4.87 Å². The summed E-state index contributed by atoms with van der Waals surface area (Å²) in [7, 11) is 3.94. The predicted octanol–water partition coefficient (Wildman–Crippen LogP) is 3.26. The lowest BCUT2D eigenvalue weighted by atomic mass is 10.1. The molecule has 2 N–H and O–H groups in total. The van der Waals surface area contributed by atoms with E-state index in [-0.39, 0.29) is 16.6 Å². The number of benzene rings is 1. The Hall–Kier alpha value is -2.25. The zero-order valence-corrected chi connectivity index (χ0v) is 18.0. The summed E-state index contributed by atoms with van der Waals surface area (Å²) in [5.74, 6) is 0.531. The molecule has 0 amide bonds. The van der Waals surface area contributed by atoms with Gasteiger partial charge in [-0.2, -0.15) is 0 Å². The normalized spacial score (nSPS) is 13.6. The third kappa shape index (κ3) is 3.94. The van der Waals surface area contributed by atoms with E-state index in [1.807, 2.05) is 13.1 Å². The number of aryl methyl sites for hydroxylation is 1. The molecule has 0 atom stereocenters. The molecule has 29 heavy (non-hydrogen) atoms. The first kappa shape index (κ1) is 20.0. The van der Waals surface area contributed by atoms with Crippen molar-refractivity contribution in [1.29, 1.82) is 0 Å². The second-order valence-corrected chi connectivity index (χ2v) is 9.09. The van der Waals surface area contributed by atoms with E-state index >= 15 is 0 Å². The Kier molecular flexibility index (Phi) is 5.69. The molecule has 0 unspecified atom stereocenters. The van der Waals surface area contributed by atoms with Crippen LogP contribution in [0, 0.1) is 0 Å². The van der Waals surface area contributed by atoms with E-state index in [1.165, 1.54) is 16.9 Å². The smallest absolute Gasteiger partial charge is 0.307 e. The Labute approximate surface area is 174 Å². The topological polar surface area (TPSA) is 70.6 Å². The third-order valence-corrected chi connectivity index (χ3v) is 7.07. The molecule has 0 saturated carbocycles. The molecule has 0 bridgehead atoms. The first-order valence-electron chi connectivity index (χ1n) is 10.3. The van der Waals surface area contributed by atoms with Crippen LogP contribution in [0.25, 0.3) is 10.2 Å². The largest absolute Gasteiger partial charge is 0.494 e. The molecule has 0 spiro atoms. The molecular formula is C22H29N3O3S. The minimum absolute atomic E-state index is 0.0827. The average Bonchev–Trinajstić information content (AvgIpc) is 3.36. The minimum Gasteiger partial charge on any atom is -0.494 e. The van der Waals surface area contributed by atoms with Gasteiger partial charge in [0.15, 0.2) is 11.8 Å². The molecule has 4 rings (SSSR count). The number of hydrogen-bond donors (Lipinski definition) is 2. The summed E-state index contributed by atoms with van der Waals surface area (Å²) in [5.41, 5.74) is 4.14. The summed E-state index contributed by atoms with van der Waals surface area (Å²) in [6, 6.07) is 6.28. The fourth-order valence-corrected chi connectivity index (χ4v) is 5.24. The number of hydrogen-bond acceptors (Lipinski definition) is 5. The van der Waals surface area contributed by atoms with Crippen molar-refractivity contribution in [1.82, 2.24) is 14.0 Å². The Bertz CT molecular complexity index is 1050. The second-order valence-electron chi connectivity index (χ2n) is 8.10. The molecular weight excluding hydrogens is 386 g/mol. The van der Waals surface area contributed by atoms with Crippen LogP contribution in [0.2, 0.25) is 0 Å². The van der Waals surface area contributed by atoms with Crippen molar-refractivity contribution in [2.24, 2.45) is 7.05 Å². The molecule has 0 radical (unpaired) electrons. The number of nitrogens with zero attached hydrogens (tertiary/aromatic N) is 3. The number of unbranched alkanes of at least 4 members (excludes halogenated alkanes) is 1. The zero-order valence-electron chi connectivity index (χ0n) is 17.1. The summed E-state index contributed by atoms with van der Waals surface area (Å²) in [4.78, 5) is 14.2. The van der Waals surface area contributed by atoms with E-state index in [0.29, 0.717) is 6.54 Å². The van der Waals surface area contributed by atoms with Crippen LogP contribution in [0.3, 0.4) is 0 Å². The highest BCUT2D eigenvalue weighted by atomic mass is 32.1. The van der Waals surface area contributed by atoms with Crippen LogP contribution in [0.1, 0.15) is 36.0 Å². The van der Waals surface area contributed by atoms with Crippen molar-refractivity contribution < 1.29 is 10.2 Å². The van der Waals surface area contributed by atoms with Crippen LogP contribution >= 0.6 is 11.3 Å². The molecule has 1 aliphatic carbocycles. The fraction of sp³-hybridized carbons (Fsp3) is 0.500. The molecule has 2 heterocycles. The Morgan fingerprint density at radius 3 is 2.55 bits per heavy atom. The molecule has 2 aromatic heterocycles. The van der Waals surface area contributed by atoms with E-state index in [0.717, 1.165) is 73.0 Å². The number of aromatic nitrogens is 2. The summed E-state index contributed by atoms with van der Waals surface area (Å²) in [6.45, 7) is 2.59. The molecule has 6 nitrogen and oxygen atoms in total. The third-order valence-electron chi connectivity index (χ3n) is 6.08. The molecule has 7 heteroatoms. The van der Waals surface area contributed by atoms with E-state index < -0.39 is 0 Å². The first-order chi connectivity index (χ1) is 14.0. The van der Waals surface area contributed by atoms with Gasteiger partial charge in [-0.15, -0.1) is 0 Å². The molecule has 0 fully saturated rings. The molecule has 156 valence electrons.